The average Bonchev–Trinajstić information content (AvgIpc) is 3.45. The van der Waals surface area contributed by atoms with E-state index in [1.165, 1.54) is 22.9 Å². The molecule has 1 aliphatic heterocycles. The van der Waals surface area contributed by atoms with Gasteiger partial charge in [-0.3, -0.25) is 19.0 Å². The highest BCUT2D eigenvalue weighted by atomic mass is 19.1. The van der Waals surface area contributed by atoms with E-state index in [1.807, 2.05) is 13.8 Å². The number of nitrogens with one attached hydrogen (secondary N) is 1. The van der Waals surface area contributed by atoms with Crippen molar-refractivity contribution < 1.29 is 19.1 Å². The number of aromatic nitrogens is 3. The number of likely N-dealkylation sites (tertiary alicyclic amines) is 1. The topological polar surface area (TPSA) is 109 Å². The minimum atomic E-state index is -0.873. The lowest BCUT2D eigenvalue weighted by Gasteiger charge is -2.27. The first-order valence-electron chi connectivity index (χ1n) is 11.0. The Morgan fingerprint density at radius 3 is 2.59 bits per heavy atom. The summed E-state index contributed by atoms with van der Waals surface area (Å²) in [5.41, 5.74) is -0.182. The third-order valence-electron chi connectivity index (χ3n) is 5.74. The first kappa shape index (κ1) is 22.0. The smallest absolute Gasteiger partial charge is 0.270 e. The molecule has 2 fully saturated rings. The van der Waals surface area contributed by atoms with E-state index in [4.69, 9.17) is 0 Å². The number of carbonyl (C=O) groups is 2. The Morgan fingerprint density at radius 1 is 1.28 bits per heavy atom. The lowest BCUT2D eigenvalue weighted by Crippen LogP contribution is -2.38. The Balaban J connectivity index is 1.72. The molecule has 0 unspecified atom stereocenters. The minimum absolute atomic E-state index is 0.0279. The van der Waals surface area contributed by atoms with E-state index in [-0.39, 0.29) is 23.4 Å². The zero-order valence-corrected chi connectivity index (χ0v) is 18.3. The third kappa shape index (κ3) is 4.39. The molecule has 2 aromatic rings. The maximum absolute atomic E-state index is 13.3. The zero-order chi connectivity index (χ0) is 23.0. The van der Waals surface area contributed by atoms with Crippen LogP contribution >= 0.6 is 0 Å². The number of hydrogen-bond acceptors (Lipinski definition) is 5. The summed E-state index contributed by atoms with van der Waals surface area (Å²) in [6.07, 6.45) is 5.81. The summed E-state index contributed by atoms with van der Waals surface area (Å²) in [6, 6.07) is 0.0279. The van der Waals surface area contributed by atoms with E-state index >= 15 is 0 Å². The Hall–Kier alpha value is -3.17. The zero-order valence-electron chi connectivity index (χ0n) is 18.3. The quantitative estimate of drug-likeness (QED) is 0.658. The van der Waals surface area contributed by atoms with Gasteiger partial charge < -0.3 is 15.3 Å². The summed E-state index contributed by atoms with van der Waals surface area (Å²) in [5.74, 6) is -1.32. The van der Waals surface area contributed by atoms with Crippen LogP contribution in [0, 0.1) is 5.92 Å². The van der Waals surface area contributed by atoms with Crippen molar-refractivity contribution in [3.05, 3.63) is 33.8 Å². The molecule has 0 bridgehead atoms. The predicted octanol–water partition coefficient (Wildman–Crippen LogP) is 1.72. The second-order valence-electron chi connectivity index (χ2n) is 8.92. The molecule has 2 aliphatic rings. The van der Waals surface area contributed by atoms with Crippen LogP contribution in [0.2, 0.25) is 0 Å². The van der Waals surface area contributed by atoms with Gasteiger partial charge in [0.1, 0.15) is 11.8 Å². The molecule has 4 rings (SSSR count). The monoisotopic (exact) mass is 445 g/mol. The second-order valence-corrected chi connectivity index (χ2v) is 8.92. The molecular weight excluding hydrogens is 417 g/mol. The summed E-state index contributed by atoms with van der Waals surface area (Å²) in [6.45, 7) is 4.89. The van der Waals surface area contributed by atoms with Crippen molar-refractivity contribution in [3.63, 3.8) is 0 Å². The van der Waals surface area contributed by atoms with Crippen molar-refractivity contribution in [2.75, 3.05) is 13.1 Å². The molecule has 0 atom stereocenters. The molecule has 172 valence electrons. The predicted molar refractivity (Wildman–Crippen MR) is 116 cm³/mol. The lowest BCUT2D eigenvalue weighted by atomic mass is 10.1. The molecule has 1 saturated carbocycles. The molecule has 9 nitrogen and oxygen atoms in total. The Morgan fingerprint density at radius 2 is 1.97 bits per heavy atom. The van der Waals surface area contributed by atoms with Crippen LogP contribution in [0.25, 0.3) is 11.7 Å². The van der Waals surface area contributed by atoms with Gasteiger partial charge in [0.15, 0.2) is 5.56 Å². The second kappa shape index (κ2) is 8.76. The van der Waals surface area contributed by atoms with E-state index in [2.05, 4.69) is 10.4 Å². The Labute approximate surface area is 184 Å². The van der Waals surface area contributed by atoms with Gasteiger partial charge in [-0.2, -0.15) is 9.61 Å². The largest absolute Gasteiger partial charge is 0.492 e. The summed E-state index contributed by atoms with van der Waals surface area (Å²) < 4.78 is 15.9. The SMILES string of the molecule is CC(C)Cn1c(=O)c(C(=O)NC2CC2)c(O)n2ncc(/C=C/C(=O)N3CCC(F)CC3)c12. The molecule has 32 heavy (non-hydrogen) atoms. The maximum atomic E-state index is 13.3. The minimum Gasteiger partial charge on any atom is -0.492 e. The van der Waals surface area contributed by atoms with Gasteiger partial charge in [0.05, 0.1) is 6.20 Å². The first-order chi connectivity index (χ1) is 15.3. The Bertz CT molecular complexity index is 1120. The number of rotatable bonds is 6. The fourth-order valence-corrected chi connectivity index (χ4v) is 3.88. The lowest BCUT2D eigenvalue weighted by molar-refractivity contribution is -0.127. The third-order valence-corrected chi connectivity index (χ3v) is 5.74. The van der Waals surface area contributed by atoms with Crippen LogP contribution in [0.1, 0.15) is 55.5 Å². The number of aromatic hydroxyl groups is 1. The molecule has 1 aliphatic carbocycles. The summed E-state index contributed by atoms with van der Waals surface area (Å²) in [4.78, 5) is 39.9. The van der Waals surface area contributed by atoms with Gasteiger partial charge >= 0.3 is 0 Å². The molecule has 0 radical (unpaired) electrons. The van der Waals surface area contributed by atoms with Gasteiger partial charge in [0.25, 0.3) is 11.5 Å². The van der Waals surface area contributed by atoms with Crippen molar-refractivity contribution in [2.24, 2.45) is 5.92 Å². The van der Waals surface area contributed by atoms with Crippen LogP contribution in [-0.2, 0) is 11.3 Å². The van der Waals surface area contributed by atoms with E-state index in [9.17, 15) is 23.9 Å². The summed E-state index contributed by atoms with van der Waals surface area (Å²) in [5, 5.41) is 17.6. The number of hydrogen-bond donors (Lipinski definition) is 2. The number of nitrogens with zero attached hydrogens (tertiary/aromatic N) is 4. The van der Waals surface area contributed by atoms with Gasteiger partial charge in [-0.05, 0) is 37.7 Å². The normalized spacial score (nSPS) is 17.6. The van der Waals surface area contributed by atoms with E-state index in [0.717, 1.165) is 17.4 Å². The number of amides is 2. The van der Waals surface area contributed by atoms with Gasteiger partial charge in [0, 0.05) is 37.3 Å². The molecule has 2 aromatic heterocycles. The first-order valence-corrected chi connectivity index (χ1v) is 11.0. The highest BCUT2D eigenvalue weighted by molar-refractivity contribution is 5.97. The fraction of sp³-hybridized carbons (Fsp3) is 0.545. The number of alkyl halides is 1. The molecule has 3 heterocycles. The fourth-order valence-electron chi connectivity index (χ4n) is 3.88. The standard InChI is InChI=1S/C22H28FN5O4/c1-13(2)12-27-20-14(3-6-17(29)26-9-7-15(23)8-10-26)11-24-28(20)22(32)18(21(27)31)19(30)25-16-4-5-16/h3,6,11,13,15-16,32H,4-5,7-10,12H2,1-2H3,(H,25,30)/b6-3+. The van der Waals surface area contributed by atoms with Crippen LogP contribution in [0.5, 0.6) is 5.88 Å². The molecule has 0 spiro atoms. The maximum Gasteiger partial charge on any atom is 0.270 e. The van der Waals surface area contributed by atoms with Gasteiger partial charge in [-0.15, -0.1) is 0 Å². The summed E-state index contributed by atoms with van der Waals surface area (Å²) in [7, 11) is 0. The van der Waals surface area contributed by atoms with Gasteiger partial charge in [0.2, 0.25) is 11.8 Å². The highest BCUT2D eigenvalue weighted by Gasteiger charge is 2.30. The van der Waals surface area contributed by atoms with Crippen molar-refractivity contribution in [2.45, 2.75) is 58.3 Å². The van der Waals surface area contributed by atoms with Crippen molar-refractivity contribution in [3.8, 4) is 5.88 Å². The highest BCUT2D eigenvalue weighted by Crippen LogP contribution is 2.24. The van der Waals surface area contributed by atoms with Crippen molar-refractivity contribution >= 4 is 23.5 Å². The van der Waals surface area contributed by atoms with E-state index in [1.54, 1.807) is 4.90 Å². The number of piperidine rings is 1. The van der Waals surface area contributed by atoms with Crippen molar-refractivity contribution in [1.82, 2.24) is 24.4 Å². The summed E-state index contributed by atoms with van der Waals surface area (Å²) >= 11 is 0. The van der Waals surface area contributed by atoms with E-state index < -0.39 is 23.5 Å². The molecule has 0 aromatic carbocycles. The average molecular weight is 445 g/mol. The van der Waals surface area contributed by atoms with Crippen LogP contribution in [0.15, 0.2) is 17.1 Å². The molecule has 1 saturated heterocycles. The number of halogens is 1. The van der Waals surface area contributed by atoms with Crippen LogP contribution < -0.4 is 10.9 Å². The Kier molecular flexibility index (Phi) is 6.03. The van der Waals surface area contributed by atoms with Gasteiger partial charge in [-0.25, -0.2) is 4.39 Å². The molecule has 2 amide bonds. The van der Waals surface area contributed by atoms with Crippen molar-refractivity contribution in [1.29, 1.82) is 0 Å². The van der Waals surface area contributed by atoms with Crippen LogP contribution in [0.3, 0.4) is 0 Å². The van der Waals surface area contributed by atoms with Crippen LogP contribution in [-0.4, -0.2) is 61.3 Å². The van der Waals surface area contributed by atoms with E-state index in [0.29, 0.717) is 43.7 Å². The molecule has 2 N–H and O–H groups in total. The number of carbonyl (C=O) groups excluding carboxylic acids is 2. The van der Waals surface area contributed by atoms with Gasteiger partial charge in [-0.1, -0.05) is 13.8 Å². The molecular formula is C22H28FN5O4. The number of fused-ring (bicyclic) bond motifs is 1. The van der Waals surface area contributed by atoms with Crippen LogP contribution in [0.4, 0.5) is 4.39 Å². The molecule has 10 heteroatoms.